The summed E-state index contributed by atoms with van der Waals surface area (Å²) < 4.78 is 2.32. The third-order valence-corrected chi connectivity index (χ3v) is 3.82. The van der Waals surface area contributed by atoms with Gasteiger partial charge in [0.25, 0.3) is 0 Å². The lowest BCUT2D eigenvalue weighted by Gasteiger charge is -2.15. The minimum Gasteiger partial charge on any atom is -0.330 e. The molecule has 0 spiro atoms. The number of rotatable bonds is 5. The van der Waals surface area contributed by atoms with E-state index in [1.165, 1.54) is 29.7 Å². The second kappa shape index (κ2) is 5.17. The van der Waals surface area contributed by atoms with Gasteiger partial charge in [-0.3, -0.25) is 0 Å². The molecular weight excluding hydrogens is 234 g/mol. The molecule has 0 saturated heterocycles. The molecule has 3 heteroatoms. The summed E-state index contributed by atoms with van der Waals surface area (Å²) in [5, 5.41) is 3.59. The molecule has 1 heterocycles. The van der Waals surface area contributed by atoms with Gasteiger partial charge in [0.05, 0.1) is 12.0 Å². The zero-order valence-electron chi connectivity index (χ0n) is 11.6. The van der Waals surface area contributed by atoms with Gasteiger partial charge in [-0.25, -0.2) is 4.98 Å². The molecule has 3 rings (SSSR count). The summed E-state index contributed by atoms with van der Waals surface area (Å²) in [5.74, 6) is 0. The van der Waals surface area contributed by atoms with E-state index in [4.69, 9.17) is 0 Å². The van der Waals surface area contributed by atoms with Crippen LogP contribution in [-0.4, -0.2) is 9.55 Å². The Kier molecular flexibility index (Phi) is 3.38. The molecule has 0 unspecified atom stereocenters. The molecule has 0 amide bonds. The van der Waals surface area contributed by atoms with Crippen molar-refractivity contribution in [3.8, 4) is 0 Å². The van der Waals surface area contributed by atoms with E-state index in [-0.39, 0.29) is 0 Å². The van der Waals surface area contributed by atoms with Crippen LogP contribution >= 0.6 is 0 Å². The number of benzene rings is 1. The fourth-order valence-corrected chi connectivity index (χ4v) is 2.47. The highest BCUT2D eigenvalue weighted by Gasteiger charge is 2.25. The third kappa shape index (κ3) is 2.87. The monoisotopic (exact) mass is 255 g/mol. The summed E-state index contributed by atoms with van der Waals surface area (Å²) in [7, 11) is 0. The largest absolute Gasteiger partial charge is 0.330 e. The number of nitrogens with one attached hydrogen (secondary N) is 1. The highest BCUT2D eigenvalue weighted by atomic mass is 15.1. The number of hydrogen-bond acceptors (Lipinski definition) is 2. The van der Waals surface area contributed by atoms with E-state index in [1.807, 2.05) is 12.5 Å². The summed E-state index contributed by atoms with van der Waals surface area (Å²) in [4.78, 5) is 4.27. The van der Waals surface area contributed by atoms with E-state index < -0.39 is 0 Å². The molecule has 1 N–H and O–H groups in total. The van der Waals surface area contributed by atoms with Crippen LogP contribution in [0.1, 0.15) is 48.7 Å². The molecule has 1 fully saturated rings. The van der Waals surface area contributed by atoms with Crippen LogP contribution in [0, 0.1) is 6.92 Å². The van der Waals surface area contributed by atoms with Crippen molar-refractivity contribution in [2.75, 3.05) is 0 Å². The van der Waals surface area contributed by atoms with Crippen LogP contribution in [0.3, 0.4) is 0 Å². The minimum absolute atomic E-state index is 0.363. The first-order valence-electron chi connectivity index (χ1n) is 7.04. The van der Waals surface area contributed by atoms with Crippen molar-refractivity contribution in [2.45, 2.75) is 45.3 Å². The normalized spacial score (nSPS) is 16.5. The average molecular weight is 255 g/mol. The molecule has 100 valence electrons. The number of aryl methyl sites for hydroxylation is 1. The summed E-state index contributed by atoms with van der Waals surface area (Å²) in [6.45, 7) is 5.23. The Morgan fingerprint density at radius 2 is 2.26 bits per heavy atom. The van der Waals surface area contributed by atoms with Crippen molar-refractivity contribution in [1.29, 1.82) is 0 Å². The van der Waals surface area contributed by atoms with Crippen LogP contribution in [0.5, 0.6) is 0 Å². The maximum atomic E-state index is 4.27. The summed E-state index contributed by atoms with van der Waals surface area (Å²) >= 11 is 0. The molecule has 1 aromatic heterocycles. The maximum Gasteiger partial charge on any atom is 0.0951 e. The van der Waals surface area contributed by atoms with Crippen LogP contribution in [0.4, 0.5) is 0 Å². The van der Waals surface area contributed by atoms with Crippen molar-refractivity contribution < 1.29 is 0 Å². The van der Waals surface area contributed by atoms with Gasteiger partial charge in [0, 0.05) is 24.8 Å². The van der Waals surface area contributed by atoms with Crippen LogP contribution < -0.4 is 5.32 Å². The number of imidazole rings is 1. The highest BCUT2D eigenvalue weighted by molar-refractivity contribution is 5.24. The van der Waals surface area contributed by atoms with Crippen molar-refractivity contribution in [3.63, 3.8) is 0 Å². The van der Waals surface area contributed by atoms with Crippen LogP contribution in [0.2, 0.25) is 0 Å². The van der Waals surface area contributed by atoms with Gasteiger partial charge in [0.2, 0.25) is 0 Å². The van der Waals surface area contributed by atoms with Crippen molar-refractivity contribution >= 4 is 0 Å². The van der Waals surface area contributed by atoms with E-state index in [0.717, 1.165) is 6.54 Å². The van der Waals surface area contributed by atoms with Crippen LogP contribution in [0.25, 0.3) is 0 Å². The van der Waals surface area contributed by atoms with Gasteiger partial charge < -0.3 is 9.88 Å². The molecule has 2 aromatic rings. The Hall–Kier alpha value is -1.61. The van der Waals surface area contributed by atoms with Crippen LogP contribution in [-0.2, 0) is 6.54 Å². The van der Waals surface area contributed by atoms with Gasteiger partial charge in [-0.1, -0.05) is 29.8 Å². The predicted octanol–water partition coefficient (Wildman–Crippen LogP) is 3.38. The molecule has 0 aliphatic heterocycles. The molecule has 19 heavy (non-hydrogen) atoms. The van der Waals surface area contributed by atoms with Gasteiger partial charge in [0.15, 0.2) is 0 Å². The first-order valence-corrected chi connectivity index (χ1v) is 7.04. The van der Waals surface area contributed by atoms with Gasteiger partial charge in [0.1, 0.15) is 0 Å². The molecule has 1 saturated carbocycles. The number of aromatic nitrogens is 2. The predicted molar refractivity (Wildman–Crippen MR) is 76.9 cm³/mol. The lowest BCUT2D eigenvalue weighted by atomic mass is 10.1. The van der Waals surface area contributed by atoms with Crippen molar-refractivity contribution in [3.05, 3.63) is 53.6 Å². The van der Waals surface area contributed by atoms with Gasteiger partial charge >= 0.3 is 0 Å². The Morgan fingerprint density at radius 1 is 1.42 bits per heavy atom. The lowest BCUT2D eigenvalue weighted by molar-refractivity contribution is 0.547. The third-order valence-electron chi connectivity index (χ3n) is 3.82. The molecule has 1 atom stereocenters. The van der Waals surface area contributed by atoms with Gasteiger partial charge in [-0.05, 0) is 32.3 Å². The van der Waals surface area contributed by atoms with Crippen molar-refractivity contribution in [1.82, 2.24) is 14.9 Å². The zero-order chi connectivity index (χ0) is 13.2. The van der Waals surface area contributed by atoms with E-state index in [0.29, 0.717) is 12.1 Å². The highest BCUT2D eigenvalue weighted by Crippen LogP contribution is 2.35. The molecule has 3 nitrogen and oxygen atoms in total. The molecule has 1 aliphatic rings. The number of hydrogen-bond donors (Lipinski definition) is 1. The molecule has 1 aliphatic carbocycles. The SMILES string of the molecule is Cc1cccc([C@@H](C)NCc2cncn2C2CC2)c1. The van der Waals surface area contributed by atoms with Gasteiger partial charge in [-0.2, -0.15) is 0 Å². The summed E-state index contributed by atoms with van der Waals surface area (Å²) in [5.41, 5.74) is 3.95. The van der Waals surface area contributed by atoms with E-state index in [9.17, 15) is 0 Å². The smallest absolute Gasteiger partial charge is 0.0951 e. The second-order valence-corrected chi connectivity index (χ2v) is 5.54. The first kappa shape index (κ1) is 12.4. The zero-order valence-corrected chi connectivity index (χ0v) is 11.6. The fraction of sp³-hybridized carbons (Fsp3) is 0.438. The topological polar surface area (TPSA) is 29.9 Å². The summed E-state index contributed by atoms with van der Waals surface area (Å²) in [6, 6.07) is 9.75. The molecular formula is C16H21N3. The molecule has 1 aromatic carbocycles. The Bertz CT molecular complexity index is 555. The Balaban J connectivity index is 1.63. The fourth-order valence-electron chi connectivity index (χ4n) is 2.47. The van der Waals surface area contributed by atoms with E-state index in [1.54, 1.807) is 0 Å². The number of nitrogens with zero attached hydrogens (tertiary/aromatic N) is 2. The Morgan fingerprint density at radius 3 is 3.00 bits per heavy atom. The minimum atomic E-state index is 0.363. The van der Waals surface area contributed by atoms with Crippen molar-refractivity contribution in [2.24, 2.45) is 0 Å². The summed E-state index contributed by atoms with van der Waals surface area (Å²) in [6.07, 6.45) is 6.55. The first-order chi connectivity index (χ1) is 9.24. The van der Waals surface area contributed by atoms with Crippen LogP contribution in [0.15, 0.2) is 36.8 Å². The van der Waals surface area contributed by atoms with E-state index >= 15 is 0 Å². The Labute approximate surface area is 114 Å². The average Bonchev–Trinajstić information content (AvgIpc) is 3.15. The molecule has 0 bridgehead atoms. The lowest BCUT2D eigenvalue weighted by Crippen LogP contribution is -2.19. The van der Waals surface area contributed by atoms with E-state index in [2.05, 4.69) is 53.0 Å². The maximum absolute atomic E-state index is 4.27. The standard InChI is InChI=1S/C16H21N3/c1-12-4-3-5-14(8-12)13(2)18-10-16-9-17-11-19(16)15-6-7-15/h3-5,8-9,11,13,15,18H,6-7,10H2,1-2H3/t13-/m1/s1. The molecule has 0 radical (unpaired) electrons. The second-order valence-electron chi connectivity index (χ2n) is 5.54. The quantitative estimate of drug-likeness (QED) is 0.887. The van der Waals surface area contributed by atoms with Gasteiger partial charge in [-0.15, -0.1) is 0 Å².